The van der Waals surface area contributed by atoms with Gasteiger partial charge < -0.3 is 20.4 Å². The Bertz CT molecular complexity index is 828. The van der Waals surface area contributed by atoms with Crippen LogP contribution < -0.4 is 10.6 Å². The van der Waals surface area contributed by atoms with Crippen LogP contribution in [0, 0.1) is 18.1 Å². The van der Waals surface area contributed by atoms with Crippen LogP contribution in [0.5, 0.6) is 0 Å². The van der Waals surface area contributed by atoms with Crippen LogP contribution in [0.15, 0.2) is 22.8 Å². The SMILES string of the molecule is COC(=O)NC(C(=O)NC1(c2ncc(-c3c#cc(Br)cc3)[nH]2)CC1)C(C)C. The predicted molar refractivity (Wildman–Crippen MR) is 103 cm³/mol. The molecule has 1 saturated carbocycles. The molecule has 1 aliphatic carbocycles. The number of carbonyl (C=O) groups excluding carboxylic acids is 2. The molecule has 1 fully saturated rings. The first-order valence-electron chi connectivity index (χ1n) is 8.66. The molecule has 8 heteroatoms. The van der Waals surface area contributed by atoms with Gasteiger partial charge in [0, 0.05) is 0 Å². The summed E-state index contributed by atoms with van der Waals surface area (Å²) in [6.07, 6.45) is 2.66. The monoisotopic (exact) mass is 432 g/mol. The van der Waals surface area contributed by atoms with Crippen LogP contribution in [0.25, 0.3) is 11.3 Å². The molecule has 0 bridgehead atoms. The number of nitrogens with zero attached hydrogens (tertiary/aromatic N) is 1. The molecule has 2 aromatic rings. The highest BCUT2D eigenvalue weighted by atomic mass is 79.9. The molecule has 0 saturated heterocycles. The third kappa shape index (κ3) is 4.25. The Balaban J connectivity index is 1.74. The lowest BCUT2D eigenvalue weighted by Crippen LogP contribution is -2.52. The fourth-order valence-corrected chi connectivity index (χ4v) is 3.04. The van der Waals surface area contributed by atoms with Crippen molar-refractivity contribution in [2.75, 3.05) is 7.11 Å². The minimum atomic E-state index is -0.682. The first-order valence-corrected chi connectivity index (χ1v) is 9.46. The second-order valence-corrected chi connectivity index (χ2v) is 7.77. The van der Waals surface area contributed by atoms with Gasteiger partial charge in [-0.15, -0.1) is 0 Å². The normalized spacial score (nSPS) is 15.6. The topological polar surface area (TPSA) is 96.1 Å². The quantitative estimate of drug-likeness (QED) is 0.653. The number of hydrogen-bond acceptors (Lipinski definition) is 4. The van der Waals surface area contributed by atoms with Crippen molar-refractivity contribution in [2.24, 2.45) is 5.92 Å². The molecule has 1 aromatic carbocycles. The molecule has 0 aliphatic heterocycles. The van der Waals surface area contributed by atoms with Gasteiger partial charge in [0.1, 0.15) is 11.9 Å². The number of halogens is 1. The standard InChI is InChI=1S/C19H21BrN4O3/c1-11(2)15(23-18(26)27-3)16(25)24-19(8-9-19)17-21-10-14(22-17)12-4-6-13(20)7-5-12/h4,6,10-11,15H,8-9H2,1-3H3,(H,21,22)(H,23,26)(H,24,25). The lowest BCUT2D eigenvalue weighted by atomic mass is 10.0. The third-order valence-corrected chi connectivity index (χ3v) is 5.02. The van der Waals surface area contributed by atoms with E-state index in [9.17, 15) is 9.59 Å². The molecule has 3 rings (SSSR count). The summed E-state index contributed by atoms with van der Waals surface area (Å²) in [5.41, 5.74) is 1.12. The van der Waals surface area contributed by atoms with E-state index in [1.807, 2.05) is 26.0 Å². The number of carbonyl (C=O) groups is 2. The molecule has 7 nitrogen and oxygen atoms in total. The predicted octanol–water partition coefficient (Wildman–Crippen LogP) is 2.93. The molecule has 3 N–H and O–H groups in total. The average molecular weight is 433 g/mol. The minimum absolute atomic E-state index is 0.0834. The van der Waals surface area contributed by atoms with E-state index in [0.29, 0.717) is 5.82 Å². The number of ether oxygens (including phenoxy) is 1. The van der Waals surface area contributed by atoms with Crippen LogP contribution in [-0.2, 0) is 15.1 Å². The first kappa shape index (κ1) is 19.2. The Morgan fingerprint density at radius 2 is 2.07 bits per heavy atom. The van der Waals surface area contributed by atoms with Gasteiger partial charge in [0.2, 0.25) is 5.91 Å². The van der Waals surface area contributed by atoms with Crippen molar-refractivity contribution in [2.45, 2.75) is 38.3 Å². The molecule has 1 aliphatic rings. The maximum Gasteiger partial charge on any atom is 0.407 e. The van der Waals surface area contributed by atoms with E-state index in [-0.39, 0.29) is 11.8 Å². The summed E-state index contributed by atoms with van der Waals surface area (Å²) in [5.74, 6) is 0.358. The summed E-state index contributed by atoms with van der Waals surface area (Å²) >= 11 is 3.34. The molecule has 1 heterocycles. The van der Waals surface area contributed by atoms with Gasteiger partial charge in [0.25, 0.3) is 0 Å². The zero-order valence-electron chi connectivity index (χ0n) is 15.4. The average Bonchev–Trinajstić information content (AvgIpc) is 3.24. The van der Waals surface area contributed by atoms with Crippen molar-refractivity contribution in [1.29, 1.82) is 0 Å². The molecule has 27 heavy (non-hydrogen) atoms. The number of rotatable bonds is 6. The molecule has 0 spiro atoms. The van der Waals surface area contributed by atoms with Gasteiger partial charge in [-0.3, -0.25) is 4.79 Å². The number of alkyl carbamates (subject to hydrolysis) is 1. The first-order chi connectivity index (χ1) is 12.8. The van der Waals surface area contributed by atoms with E-state index in [1.54, 1.807) is 6.20 Å². The van der Waals surface area contributed by atoms with Gasteiger partial charge in [0.15, 0.2) is 0 Å². The maximum atomic E-state index is 12.7. The second kappa shape index (κ2) is 7.61. The van der Waals surface area contributed by atoms with Gasteiger partial charge in [0.05, 0.1) is 34.6 Å². The van der Waals surface area contributed by atoms with E-state index in [0.717, 1.165) is 28.6 Å². The van der Waals surface area contributed by atoms with Crippen LogP contribution in [0.3, 0.4) is 0 Å². The van der Waals surface area contributed by atoms with Gasteiger partial charge in [-0.1, -0.05) is 26.0 Å². The Labute approximate surface area is 166 Å². The Morgan fingerprint density at radius 3 is 2.63 bits per heavy atom. The van der Waals surface area contributed by atoms with Crippen molar-refractivity contribution < 1.29 is 14.3 Å². The van der Waals surface area contributed by atoms with Crippen molar-refractivity contribution in [1.82, 2.24) is 20.6 Å². The zero-order chi connectivity index (χ0) is 19.6. The number of aromatic nitrogens is 2. The Hall–Kier alpha value is -2.53. The fraction of sp³-hybridized carbons (Fsp3) is 0.421. The highest BCUT2D eigenvalue weighted by molar-refractivity contribution is 9.10. The van der Waals surface area contributed by atoms with Crippen LogP contribution in [-0.4, -0.2) is 35.1 Å². The van der Waals surface area contributed by atoms with Crippen LogP contribution in [0.4, 0.5) is 4.79 Å². The number of H-pyrrole nitrogens is 1. The molecule has 0 radical (unpaired) electrons. The summed E-state index contributed by atoms with van der Waals surface area (Å²) < 4.78 is 5.44. The van der Waals surface area contributed by atoms with Crippen molar-refractivity contribution in [3.8, 4) is 11.3 Å². The van der Waals surface area contributed by atoms with E-state index in [2.05, 4.69) is 53.4 Å². The fourth-order valence-electron chi connectivity index (χ4n) is 2.81. The zero-order valence-corrected chi connectivity index (χ0v) is 16.9. The lowest BCUT2D eigenvalue weighted by Gasteiger charge is -2.24. The highest BCUT2D eigenvalue weighted by Gasteiger charge is 2.49. The molecular formula is C19H21BrN4O3. The maximum absolute atomic E-state index is 12.7. The van der Waals surface area contributed by atoms with E-state index < -0.39 is 17.7 Å². The van der Waals surface area contributed by atoms with E-state index in [4.69, 9.17) is 0 Å². The summed E-state index contributed by atoms with van der Waals surface area (Å²) in [5, 5.41) is 5.63. The number of imidazole rings is 1. The summed E-state index contributed by atoms with van der Waals surface area (Å²) in [6, 6.07) is 9.12. The number of methoxy groups -OCH3 is 1. The number of hydrogen-bond donors (Lipinski definition) is 3. The van der Waals surface area contributed by atoms with E-state index in [1.165, 1.54) is 7.11 Å². The van der Waals surface area contributed by atoms with Crippen molar-refractivity contribution >= 4 is 27.9 Å². The summed E-state index contributed by atoms with van der Waals surface area (Å²) in [4.78, 5) is 32.0. The third-order valence-electron chi connectivity index (χ3n) is 4.55. The van der Waals surface area contributed by atoms with Gasteiger partial charge in [-0.2, -0.15) is 0 Å². The van der Waals surface area contributed by atoms with Crippen molar-refractivity contribution in [3.63, 3.8) is 0 Å². The van der Waals surface area contributed by atoms with Crippen molar-refractivity contribution in [3.05, 3.63) is 40.8 Å². The van der Waals surface area contributed by atoms with Gasteiger partial charge >= 0.3 is 6.09 Å². The Morgan fingerprint density at radius 1 is 1.33 bits per heavy atom. The molecule has 1 atom stereocenters. The molecular weight excluding hydrogens is 412 g/mol. The van der Waals surface area contributed by atoms with Gasteiger partial charge in [-0.25, -0.2) is 9.78 Å². The minimum Gasteiger partial charge on any atom is -0.453 e. The smallest absolute Gasteiger partial charge is 0.407 e. The summed E-state index contributed by atoms with van der Waals surface area (Å²) in [7, 11) is 1.27. The summed E-state index contributed by atoms with van der Waals surface area (Å²) in [6.45, 7) is 3.73. The van der Waals surface area contributed by atoms with E-state index >= 15 is 0 Å². The lowest BCUT2D eigenvalue weighted by molar-refractivity contribution is -0.125. The number of amides is 2. The highest BCUT2D eigenvalue weighted by Crippen LogP contribution is 2.44. The molecule has 1 unspecified atom stereocenters. The number of aromatic amines is 1. The number of nitrogens with one attached hydrogen (secondary N) is 3. The van der Waals surface area contributed by atoms with Crippen LogP contribution in [0.1, 0.15) is 32.5 Å². The molecule has 1 aromatic heterocycles. The van der Waals surface area contributed by atoms with Gasteiger partial charge in [-0.05, 0) is 46.8 Å². The van der Waals surface area contributed by atoms with Crippen LogP contribution >= 0.6 is 15.9 Å². The Kier molecular flexibility index (Phi) is 5.42. The van der Waals surface area contributed by atoms with Crippen LogP contribution in [0.2, 0.25) is 0 Å². The molecule has 2 amide bonds. The largest absolute Gasteiger partial charge is 0.453 e. The second-order valence-electron chi connectivity index (χ2n) is 6.92. The molecule has 142 valence electrons.